The van der Waals surface area contributed by atoms with Gasteiger partial charge in [0.15, 0.2) is 0 Å². The molecule has 0 saturated carbocycles. The van der Waals surface area contributed by atoms with Gasteiger partial charge in [-0.3, -0.25) is 4.79 Å². The van der Waals surface area contributed by atoms with Crippen LogP contribution in [0.15, 0.2) is 48.5 Å². The first-order valence-electron chi connectivity index (χ1n) is 10.5. The van der Waals surface area contributed by atoms with E-state index in [-0.39, 0.29) is 11.8 Å². The van der Waals surface area contributed by atoms with Crippen LogP contribution in [0.5, 0.6) is 0 Å². The number of nitrogens with one attached hydrogen (secondary N) is 2. The second-order valence-electron chi connectivity index (χ2n) is 8.40. The standard InChI is InChI=1S/C24H29N3O2/c1-3-14(2)22(27-24(25)29)23(28)26-13-15-12-20-16-8-4-6-10-18(16)21(15)19-11-7-5-9-17(19)20/h4-11,14-15,20-22H,3,12-13H2,1-2H3,(H,26,28)(H3,25,27,29). The summed E-state index contributed by atoms with van der Waals surface area (Å²) in [5, 5.41) is 5.72. The number of rotatable bonds is 6. The molecule has 152 valence electrons. The van der Waals surface area contributed by atoms with E-state index >= 15 is 0 Å². The van der Waals surface area contributed by atoms with Crippen LogP contribution in [0, 0.1) is 11.8 Å². The molecule has 5 heteroatoms. The molecule has 2 aromatic carbocycles. The number of primary amides is 1. The summed E-state index contributed by atoms with van der Waals surface area (Å²) in [6.45, 7) is 4.55. The summed E-state index contributed by atoms with van der Waals surface area (Å²) in [7, 11) is 0. The molecule has 29 heavy (non-hydrogen) atoms. The fourth-order valence-electron chi connectivity index (χ4n) is 5.16. The molecule has 2 bridgehead atoms. The van der Waals surface area contributed by atoms with E-state index in [0.29, 0.717) is 24.3 Å². The number of carbonyl (C=O) groups is 2. The van der Waals surface area contributed by atoms with E-state index in [1.807, 2.05) is 13.8 Å². The number of nitrogens with two attached hydrogens (primary N) is 1. The molecule has 3 atom stereocenters. The van der Waals surface area contributed by atoms with Gasteiger partial charge in [0.1, 0.15) is 6.04 Å². The third-order valence-corrected chi connectivity index (χ3v) is 6.75. The lowest BCUT2D eigenvalue weighted by Gasteiger charge is -2.45. The predicted molar refractivity (Wildman–Crippen MR) is 114 cm³/mol. The summed E-state index contributed by atoms with van der Waals surface area (Å²) in [5.74, 6) is 0.870. The number of carbonyl (C=O) groups excluding carboxylic acids is 2. The van der Waals surface area contributed by atoms with Crippen molar-refractivity contribution in [2.45, 2.75) is 44.6 Å². The quantitative estimate of drug-likeness (QED) is 0.704. The summed E-state index contributed by atoms with van der Waals surface area (Å²) in [6, 6.07) is 16.1. The average molecular weight is 392 g/mol. The summed E-state index contributed by atoms with van der Waals surface area (Å²) >= 11 is 0. The van der Waals surface area contributed by atoms with Crippen molar-refractivity contribution in [3.63, 3.8) is 0 Å². The van der Waals surface area contributed by atoms with Crippen molar-refractivity contribution in [3.8, 4) is 0 Å². The highest BCUT2D eigenvalue weighted by molar-refractivity contribution is 5.86. The number of amides is 3. The molecular formula is C24H29N3O2. The Kier molecular flexibility index (Phi) is 5.31. The first-order chi connectivity index (χ1) is 14.0. The van der Waals surface area contributed by atoms with Gasteiger partial charge in [0.05, 0.1) is 0 Å². The lowest BCUT2D eigenvalue weighted by atomic mass is 9.59. The van der Waals surface area contributed by atoms with E-state index in [1.54, 1.807) is 0 Å². The molecule has 3 aliphatic rings. The molecule has 0 saturated heterocycles. The molecule has 3 unspecified atom stereocenters. The highest BCUT2D eigenvalue weighted by Gasteiger charge is 2.43. The molecular weight excluding hydrogens is 362 g/mol. The Balaban J connectivity index is 1.55. The number of hydrogen-bond donors (Lipinski definition) is 3. The SMILES string of the molecule is CCC(C)C(NC(N)=O)C(=O)NCC1CC2c3ccccc3C1c1ccccc12. The molecule has 3 amide bonds. The van der Waals surface area contributed by atoms with Crippen LogP contribution >= 0.6 is 0 Å². The van der Waals surface area contributed by atoms with Gasteiger partial charge in [-0.2, -0.15) is 0 Å². The topological polar surface area (TPSA) is 84.2 Å². The van der Waals surface area contributed by atoms with E-state index in [1.165, 1.54) is 22.3 Å². The number of urea groups is 1. The van der Waals surface area contributed by atoms with Crippen LogP contribution in [0.1, 0.15) is 60.8 Å². The van der Waals surface area contributed by atoms with E-state index in [2.05, 4.69) is 59.2 Å². The molecule has 0 heterocycles. The van der Waals surface area contributed by atoms with Crippen LogP contribution in [-0.2, 0) is 4.79 Å². The van der Waals surface area contributed by atoms with E-state index < -0.39 is 12.1 Å². The molecule has 0 aliphatic heterocycles. The first-order valence-corrected chi connectivity index (χ1v) is 10.5. The monoisotopic (exact) mass is 391 g/mol. The van der Waals surface area contributed by atoms with Gasteiger partial charge >= 0.3 is 6.03 Å². The maximum atomic E-state index is 12.8. The Hall–Kier alpha value is -2.82. The second-order valence-corrected chi connectivity index (χ2v) is 8.40. The van der Waals surface area contributed by atoms with Crippen LogP contribution in [0.4, 0.5) is 4.79 Å². The maximum Gasteiger partial charge on any atom is 0.312 e. The van der Waals surface area contributed by atoms with Crippen molar-refractivity contribution in [2.24, 2.45) is 17.6 Å². The summed E-state index contributed by atoms with van der Waals surface area (Å²) in [4.78, 5) is 24.2. The molecule has 2 aromatic rings. The minimum absolute atomic E-state index is 0.0201. The zero-order chi connectivity index (χ0) is 20.5. The fourth-order valence-corrected chi connectivity index (χ4v) is 5.16. The van der Waals surface area contributed by atoms with Crippen LogP contribution < -0.4 is 16.4 Å². The van der Waals surface area contributed by atoms with Gasteiger partial charge < -0.3 is 16.4 Å². The van der Waals surface area contributed by atoms with Crippen LogP contribution in [0.2, 0.25) is 0 Å². The Bertz CT molecular complexity index is 878. The van der Waals surface area contributed by atoms with Gasteiger partial charge in [-0.1, -0.05) is 68.8 Å². The smallest absolute Gasteiger partial charge is 0.312 e. The molecule has 5 nitrogen and oxygen atoms in total. The van der Waals surface area contributed by atoms with Gasteiger partial charge in [-0.25, -0.2) is 4.79 Å². The fraction of sp³-hybridized carbons (Fsp3) is 0.417. The number of fused-ring (bicyclic) bond motifs is 1. The lowest BCUT2D eigenvalue weighted by Crippen LogP contribution is -2.53. The third-order valence-electron chi connectivity index (χ3n) is 6.75. The minimum Gasteiger partial charge on any atom is -0.354 e. The van der Waals surface area contributed by atoms with Crippen molar-refractivity contribution in [1.82, 2.24) is 10.6 Å². The van der Waals surface area contributed by atoms with Crippen LogP contribution in [0.25, 0.3) is 0 Å². The van der Waals surface area contributed by atoms with Crippen LogP contribution in [0.3, 0.4) is 0 Å². The van der Waals surface area contributed by atoms with Crippen molar-refractivity contribution in [1.29, 1.82) is 0 Å². The lowest BCUT2D eigenvalue weighted by molar-refractivity contribution is -0.124. The van der Waals surface area contributed by atoms with E-state index in [0.717, 1.165) is 12.8 Å². The van der Waals surface area contributed by atoms with E-state index in [9.17, 15) is 9.59 Å². The molecule has 5 rings (SSSR count). The zero-order valence-corrected chi connectivity index (χ0v) is 17.0. The van der Waals surface area contributed by atoms with Gasteiger partial charge in [0.2, 0.25) is 5.91 Å². The first kappa shape index (κ1) is 19.5. The predicted octanol–water partition coefficient (Wildman–Crippen LogP) is 3.48. The minimum atomic E-state index is -0.662. The number of hydrogen-bond acceptors (Lipinski definition) is 2. The normalized spacial score (nSPS) is 23.4. The van der Waals surface area contributed by atoms with Crippen molar-refractivity contribution in [3.05, 3.63) is 70.8 Å². The van der Waals surface area contributed by atoms with Crippen molar-refractivity contribution >= 4 is 11.9 Å². The highest BCUT2D eigenvalue weighted by Crippen LogP contribution is 2.55. The van der Waals surface area contributed by atoms with Crippen LogP contribution in [-0.4, -0.2) is 24.5 Å². The van der Waals surface area contributed by atoms with Crippen molar-refractivity contribution in [2.75, 3.05) is 6.54 Å². The molecule has 0 fully saturated rings. The third kappa shape index (κ3) is 3.50. The van der Waals surface area contributed by atoms with Gasteiger partial charge in [0.25, 0.3) is 0 Å². The van der Waals surface area contributed by atoms with Gasteiger partial charge in [-0.15, -0.1) is 0 Å². The van der Waals surface area contributed by atoms with E-state index in [4.69, 9.17) is 5.73 Å². The van der Waals surface area contributed by atoms with Gasteiger partial charge in [0, 0.05) is 18.4 Å². The largest absolute Gasteiger partial charge is 0.354 e. The zero-order valence-electron chi connectivity index (χ0n) is 17.0. The Morgan fingerprint density at radius 3 is 2.10 bits per heavy atom. The Morgan fingerprint density at radius 1 is 1.03 bits per heavy atom. The van der Waals surface area contributed by atoms with Crippen molar-refractivity contribution < 1.29 is 9.59 Å². The Labute approximate surface area is 172 Å². The molecule has 0 aromatic heterocycles. The molecule has 0 radical (unpaired) electrons. The molecule has 0 spiro atoms. The van der Waals surface area contributed by atoms with Gasteiger partial charge in [-0.05, 0) is 40.5 Å². The number of benzene rings is 2. The summed E-state index contributed by atoms with van der Waals surface area (Å²) in [5.41, 5.74) is 10.9. The molecule has 3 aliphatic carbocycles. The molecule has 4 N–H and O–H groups in total. The average Bonchev–Trinajstić information content (AvgIpc) is 2.75. The highest BCUT2D eigenvalue weighted by atomic mass is 16.2. The maximum absolute atomic E-state index is 12.8. The Morgan fingerprint density at radius 2 is 1.59 bits per heavy atom. The summed E-state index contributed by atoms with van der Waals surface area (Å²) in [6.07, 6.45) is 1.81. The second kappa shape index (κ2) is 7.90. The summed E-state index contributed by atoms with van der Waals surface area (Å²) < 4.78 is 0.